The summed E-state index contributed by atoms with van der Waals surface area (Å²) in [5.41, 5.74) is 1.57. The average molecular weight is 211 g/mol. The summed E-state index contributed by atoms with van der Waals surface area (Å²) < 4.78 is 5.28. The number of unbranched alkanes of at least 4 members (excludes halogenated alkanes) is 1. The molecule has 0 bridgehead atoms. The van der Waals surface area contributed by atoms with E-state index in [0.29, 0.717) is 6.04 Å². The molecule has 1 aliphatic heterocycles. The van der Waals surface area contributed by atoms with Gasteiger partial charge in [-0.1, -0.05) is 31.4 Å². The number of ether oxygens (including phenoxy) is 1. The number of rotatable bonds is 7. The Morgan fingerprint density at radius 1 is 1.53 bits per heavy atom. The van der Waals surface area contributed by atoms with Gasteiger partial charge in [0.05, 0.1) is 13.2 Å². The van der Waals surface area contributed by atoms with Gasteiger partial charge in [-0.25, -0.2) is 0 Å². The summed E-state index contributed by atoms with van der Waals surface area (Å²) in [4.78, 5) is 0. The van der Waals surface area contributed by atoms with E-state index < -0.39 is 0 Å². The molecular formula is C13H25NO. The molecule has 2 heteroatoms. The highest BCUT2D eigenvalue weighted by Gasteiger charge is 2.04. The van der Waals surface area contributed by atoms with Gasteiger partial charge in [0.2, 0.25) is 0 Å². The molecule has 15 heavy (non-hydrogen) atoms. The van der Waals surface area contributed by atoms with Crippen LogP contribution >= 0.6 is 0 Å². The fourth-order valence-electron chi connectivity index (χ4n) is 1.88. The van der Waals surface area contributed by atoms with E-state index in [9.17, 15) is 0 Å². The molecule has 0 fully saturated rings. The predicted octanol–water partition coefficient (Wildman–Crippen LogP) is 2.89. The van der Waals surface area contributed by atoms with Gasteiger partial charge >= 0.3 is 0 Å². The highest BCUT2D eigenvalue weighted by atomic mass is 16.5. The van der Waals surface area contributed by atoms with Crippen LogP contribution in [-0.4, -0.2) is 25.8 Å². The zero-order chi connectivity index (χ0) is 10.9. The van der Waals surface area contributed by atoms with Gasteiger partial charge in [-0.2, -0.15) is 0 Å². The summed E-state index contributed by atoms with van der Waals surface area (Å²) in [5, 5.41) is 3.58. The maximum absolute atomic E-state index is 5.28. The largest absolute Gasteiger partial charge is 0.377 e. The van der Waals surface area contributed by atoms with Gasteiger partial charge in [-0.15, -0.1) is 0 Å². The molecule has 2 nitrogen and oxygen atoms in total. The predicted molar refractivity (Wildman–Crippen MR) is 65.1 cm³/mol. The molecule has 0 saturated carbocycles. The number of nitrogens with one attached hydrogen (secondary N) is 1. The van der Waals surface area contributed by atoms with Gasteiger partial charge in [0.15, 0.2) is 0 Å². The summed E-state index contributed by atoms with van der Waals surface area (Å²) in [6.45, 7) is 7.39. The first-order valence-electron chi connectivity index (χ1n) is 6.32. The first kappa shape index (κ1) is 12.7. The van der Waals surface area contributed by atoms with Gasteiger partial charge in [0.1, 0.15) is 0 Å². The standard InChI is InChI=1S/C13H25NO/c1-3-4-5-12(2)14-9-6-13-7-10-15-11-8-13/h7,12,14H,3-6,8-11H2,1-2H3. The third-order valence-electron chi connectivity index (χ3n) is 2.99. The Balaban J connectivity index is 2.02. The smallest absolute Gasteiger partial charge is 0.0650 e. The van der Waals surface area contributed by atoms with Crippen molar-refractivity contribution in [2.75, 3.05) is 19.8 Å². The zero-order valence-electron chi connectivity index (χ0n) is 10.2. The minimum Gasteiger partial charge on any atom is -0.377 e. The van der Waals surface area contributed by atoms with Gasteiger partial charge in [0, 0.05) is 6.04 Å². The highest BCUT2D eigenvalue weighted by molar-refractivity contribution is 5.04. The topological polar surface area (TPSA) is 21.3 Å². The fraction of sp³-hybridized carbons (Fsp3) is 0.846. The van der Waals surface area contributed by atoms with E-state index in [1.807, 2.05) is 0 Å². The molecule has 0 aromatic carbocycles. The highest BCUT2D eigenvalue weighted by Crippen LogP contribution is 2.11. The van der Waals surface area contributed by atoms with Crippen molar-refractivity contribution in [3.63, 3.8) is 0 Å². The Kier molecular flexibility index (Phi) is 6.69. The van der Waals surface area contributed by atoms with E-state index in [1.54, 1.807) is 5.57 Å². The van der Waals surface area contributed by atoms with Crippen LogP contribution < -0.4 is 5.32 Å². The molecule has 0 spiro atoms. The van der Waals surface area contributed by atoms with Crippen LogP contribution in [-0.2, 0) is 4.74 Å². The van der Waals surface area contributed by atoms with Gasteiger partial charge in [-0.05, 0) is 32.7 Å². The molecule has 0 aromatic heterocycles. The minimum atomic E-state index is 0.672. The second-order valence-corrected chi connectivity index (χ2v) is 4.43. The van der Waals surface area contributed by atoms with E-state index >= 15 is 0 Å². The van der Waals surface area contributed by atoms with E-state index in [0.717, 1.165) is 26.2 Å². The van der Waals surface area contributed by atoms with Crippen LogP contribution in [0.3, 0.4) is 0 Å². The van der Waals surface area contributed by atoms with Gasteiger partial charge in [-0.3, -0.25) is 0 Å². The number of hydrogen-bond donors (Lipinski definition) is 1. The molecule has 0 saturated heterocycles. The third kappa shape index (κ3) is 5.95. The van der Waals surface area contributed by atoms with Crippen LogP contribution in [0.4, 0.5) is 0 Å². The number of hydrogen-bond acceptors (Lipinski definition) is 2. The molecule has 1 atom stereocenters. The molecule has 0 amide bonds. The minimum absolute atomic E-state index is 0.672. The van der Waals surface area contributed by atoms with Crippen molar-refractivity contribution in [3.05, 3.63) is 11.6 Å². The molecule has 1 aliphatic rings. The molecule has 1 N–H and O–H groups in total. The monoisotopic (exact) mass is 211 g/mol. The lowest BCUT2D eigenvalue weighted by Gasteiger charge is -2.16. The maximum atomic E-state index is 5.28. The molecule has 0 radical (unpaired) electrons. The van der Waals surface area contributed by atoms with Crippen molar-refractivity contribution < 1.29 is 4.74 Å². The Morgan fingerprint density at radius 2 is 2.40 bits per heavy atom. The lowest BCUT2D eigenvalue weighted by molar-refractivity contribution is 0.153. The van der Waals surface area contributed by atoms with Crippen LogP contribution in [0.5, 0.6) is 0 Å². The zero-order valence-corrected chi connectivity index (χ0v) is 10.2. The molecule has 1 heterocycles. The normalized spacial score (nSPS) is 18.7. The lowest BCUT2D eigenvalue weighted by Crippen LogP contribution is -2.27. The van der Waals surface area contributed by atoms with Crippen LogP contribution in [0.25, 0.3) is 0 Å². The second kappa shape index (κ2) is 7.89. The molecular weight excluding hydrogens is 186 g/mol. The van der Waals surface area contributed by atoms with E-state index in [-0.39, 0.29) is 0 Å². The Bertz CT molecular complexity index is 189. The lowest BCUT2D eigenvalue weighted by atomic mass is 10.1. The summed E-state index contributed by atoms with van der Waals surface area (Å²) in [6.07, 6.45) is 8.50. The van der Waals surface area contributed by atoms with Gasteiger partial charge < -0.3 is 10.1 Å². The van der Waals surface area contributed by atoms with Crippen LogP contribution in [0.2, 0.25) is 0 Å². The van der Waals surface area contributed by atoms with E-state index in [4.69, 9.17) is 4.74 Å². The summed E-state index contributed by atoms with van der Waals surface area (Å²) in [6, 6.07) is 0.672. The SMILES string of the molecule is CCCCC(C)NCCC1=CCOCC1. The second-order valence-electron chi connectivity index (χ2n) is 4.43. The van der Waals surface area contributed by atoms with Crippen molar-refractivity contribution in [1.82, 2.24) is 5.32 Å². The first-order chi connectivity index (χ1) is 7.33. The fourth-order valence-corrected chi connectivity index (χ4v) is 1.88. The summed E-state index contributed by atoms with van der Waals surface area (Å²) in [5.74, 6) is 0. The maximum Gasteiger partial charge on any atom is 0.0650 e. The Labute approximate surface area is 94.1 Å². The Hall–Kier alpha value is -0.340. The molecule has 1 unspecified atom stereocenters. The first-order valence-corrected chi connectivity index (χ1v) is 6.32. The van der Waals surface area contributed by atoms with E-state index in [2.05, 4.69) is 25.2 Å². The third-order valence-corrected chi connectivity index (χ3v) is 2.99. The van der Waals surface area contributed by atoms with Crippen molar-refractivity contribution in [2.24, 2.45) is 0 Å². The van der Waals surface area contributed by atoms with Gasteiger partial charge in [0.25, 0.3) is 0 Å². The van der Waals surface area contributed by atoms with Crippen LogP contribution in [0, 0.1) is 0 Å². The van der Waals surface area contributed by atoms with E-state index in [1.165, 1.54) is 25.7 Å². The van der Waals surface area contributed by atoms with Crippen molar-refractivity contribution >= 4 is 0 Å². The molecule has 88 valence electrons. The van der Waals surface area contributed by atoms with Crippen molar-refractivity contribution in [3.8, 4) is 0 Å². The summed E-state index contributed by atoms with van der Waals surface area (Å²) in [7, 11) is 0. The summed E-state index contributed by atoms with van der Waals surface area (Å²) >= 11 is 0. The molecule has 0 aromatic rings. The van der Waals surface area contributed by atoms with Crippen molar-refractivity contribution in [1.29, 1.82) is 0 Å². The average Bonchev–Trinajstić information content (AvgIpc) is 2.28. The van der Waals surface area contributed by atoms with Crippen molar-refractivity contribution in [2.45, 2.75) is 52.0 Å². The van der Waals surface area contributed by atoms with Crippen LogP contribution in [0.1, 0.15) is 46.0 Å². The Morgan fingerprint density at radius 3 is 3.07 bits per heavy atom. The molecule has 1 rings (SSSR count). The molecule has 0 aliphatic carbocycles. The van der Waals surface area contributed by atoms with Crippen LogP contribution in [0.15, 0.2) is 11.6 Å². The quantitative estimate of drug-likeness (QED) is 0.654.